The van der Waals surface area contributed by atoms with Gasteiger partial charge in [0.05, 0.1) is 17.8 Å². The van der Waals surface area contributed by atoms with Gasteiger partial charge in [-0.15, -0.1) is 0 Å². The van der Waals surface area contributed by atoms with Crippen molar-refractivity contribution in [1.29, 1.82) is 0 Å². The maximum atomic E-state index is 13.0. The fourth-order valence-electron chi connectivity index (χ4n) is 5.31. The number of hydrogen-bond acceptors (Lipinski definition) is 11. The van der Waals surface area contributed by atoms with Gasteiger partial charge in [0.1, 0.15) is 17.8 Å². The molecule has 2 aliphatic rings. The first-order valence-electron chi connectivity index (χ1n) is 13.0. The highest BCUT2D eigenvalue weighted by Gasteiger charge is 2.57. The number of nitrogens with one attached hydrogen (secondary N) is 1. The number of hydrogen-bond donors (Lipinski definition) is 4. The van der Waals surface area contributed by atoms with Crippen molar-refractivity contribution in [2.24, 2.45) is 0 Å². The smallest absolute Gasteiger partial charge is 0.349 e. The fourth-order valence-corrected chi connectivity index (χ4v) is 6.78. The summed E-state index contributed by atoms with van der Waals surface area (Å²) >= 11 is 6.22. The zero-order chi connectivity index (χ0) is 29.5. The number of ether oxygens (including phenoxy) is 2. The van der Waals surface area contributed by atoms with Gasteiger partial charge in [0.25, 0.3) is 5.44 Å². The summed E-state index contributed by atoms with van der Waals surface area (Å²) in [6, 6.07) is 7.18. The number of nitrogens with zero attached hydrogens (tertiary/aromatic N) is 4. The minimum atomic E-state index is -4.47. The predicted octanol–water partition coefficient (Wildman–Crippen LogP) is 2.30. The molecule has 220 valence electrons. The first-order chi connectivity index (χ1) is 19.4. The van der Waals surface area contributed by atoms with Crippen LogP contribution in [0.5, 0.6) is 0 Å². The van der Waals surface area contributed by atoms with Crippen LogP contribution in [0, 0.1) is 0 Å². The van der Waals surface area contributed by atoms with Gasteiger partial charge < -0.3 is 30.1 Å². The molecular weight excluding hydrogens is 578 g/mol. The second-order valence-electron chi connectivity index (χ2n) is 10.2. The molecule has 13 nitrogen and oxygen atoms in total. The second kappa shape index (κ2) is 11.3. The molecule has 41 heavy (non-hydrogen) atoms. The largest absolute Gasteiger partial charge is 0.479 e. The number of carboxylic acids is 1. The van der Waals surface area contributed by atoms with Crippen molar-refractivity contribution >= 4 is 44.4 Å². The number of sulfone groups is 1. The number of benzene rings is 1. The molecule has 3 aromatic rings. The number of imidazole rings is 1. The Balaban J connectivity index is 1.44. The van der Waals surface area contributed by atoms with Crippen LogP contribution in [0.4, 0.5) is 5.82 Å². The molecule has 1 unspecified atom stereocenters. The first kappa shape index (κ1) is 29.4. The van der Waals surface area contributed by atoms with Crippen molar-refractivity contribution in [3.8, 4) is 0 Å². The standard InChI is InChI=1S/C26H30ClN5O8S/c1-14(2)26(36)17(12-39-24(23(34)35)41(37,38)16-10-4-3-5-11-16)40-22(19(26)33)32-13-28-18-20(29-15-8-6-7-9-15)30-25(27)31-21(18)32/h3-5,10-11,13,15,17,19,22,24,33,36H,1,6-9,12H2,2H3,(H,34,35)(H,29,30,31)/t17-,19+,22-,24?,26-/m1/s1. The van der Waals surface area contributed by atoms with Gasteiger partial charge in [0.2, 0.25) is 15.1 Å². The molecule has 4 N–H and O–H groups in total. The van der Waals surface area contributed by atoms with Crippen LogP contribution in [0.15, 0.2) is 53.7 Å². The van der Waals surface area contributed by atoms with Crippen LogP contribution in [0.25, 0.3) is 11.2 Å². The van der Waals surface area contributed by atoms with E-state index in [-0.39, 0.29) is 27.4 Å². The lowest BCUT2D eigenvalue weighted by Crippen LogP contribution is -2.51. The Morgan fingerprint density at radius 3 is 2.61 bits per heavy atom. The molecule has 1 saturated heterocycles. The lowest BCUT2D eigenvalue weighted by molar-refractivity contribution is -0.149. The van der Waals surface area contributed by atoms with E-state index >= 15 is 0 Å². The van der Waals surface area contributed by atoms with Gasteiger partial charge in [-0.3, -0.25) is 4.57 Å². The number of halogens is 1. The van der Waals surface area contributed by atoms with Crippen molar-refractivity contribution < 1.29 is 38.0 Å². The summed E-state index contributed by atoms with van der Waals surface area (Å²) in [7, 11) is -4.47. The number of carbonyl (C=O) groups is 1. The van der Waals surface area contributed by atoms with E-state index in [1.807, 2.05) is 0 Å². The summed E-state index contributed by atoms with van der Waals surface area (Å²) in [5.41, 5.74) is -3.78. The molecule has 3 heterocycles. The van der Waals surface area contributed by atoms with Crippen LogP contribution in [-0.4, -0.2) is 85.1 Å². The molecule has 1 aliphatic carbocycles. The van der Waals surface area contributed by atoms with Crippen LogP contribution in [0.2, 0.25) is 5.28 Å². The van der Waals surface area contributed by atoms with Gasteiger partial charge in [0, 0.05) is 6.04 Å². The number of aliphatic hydroxyl groups is 2. The average molecular weight is 608 g/mol. The number of fused-ring (bicyclic) bond motifs is 1. The molecule has 1 aromatic carbocycles. The number of rotatable bonds is 10. The van der Waals surface area contributed by atoms with Crippen molar-refractivity contribution in [3.05, 3.63) is 54.1 Å². The Kier molecular flexibility index (Phi) is 8.07. The van der Waals surface area contributed by atoms with Crippen LogP contribution in [0.3, 0.4) is 0 Å². The maximum Gasteiger partial charge on any atom is 0.349 e. The molecule has 0 amide bonds. The summed E-state index contributed by atoms with van der Waals surface area (Å²) in [5.74, 6) is -1.33. The molecule has 1 saturated carbocycles. The minimum absolute atomic E-state index is 0.0716. The van der Waals surface area contributed by atoms with Gasteiger partial charge in [-0.1, -0.05) is 37.6 Å². The van der Waals surface area contributed by atoms with E-state index < -0.39 is 51.9 Å². The Morgan fingerprint density at radius 2 is 1.98 bits per heavy atom. The molecule has 5 atom stereocenters. The third-order valence-electron chi connectivity index (χ3n) is 7.52. The van der Waals surface area contributed by atoms with Gasteiger partial charge in [-0.2, -0.15) is 9.97 Å². The Labute approximate surface area is 240 Å². The maximum absolute atomic E-state index is 13.0. The van der Waals surface area contributed by atoms with E-state index in [0.717, 1.165) is 25.7 Å². The quantitative estimate of drug-likeness (QED) is 0.195. The SMILES string of the molecule is C=C(C)[C@@]1(O)[C@@H](COC(C(=O)O)S(=O)(=O)c2ccccc2)O[C@@H](n2cnc3c(NC4CCCC4)nc(Cl)nc32)[C@@H]1O. The monoisotopic (exact) mass is 607 g/mol. The Morgan fingerprint density at radius 1 is 1.29 bits per heavy atom. The van der Waals surface area contributed by atoms with E-state index in [1.54, 1.807) is 6.07 Å². The normalized spacial score (nSPS) is 25.9. The highest BCUT2D eigenvalue weighted by molar-refractivity contribution is 7.92. The van der Waals surface area contributed by atoms with Crippen LogP contribution >= 0.6 is 11.6 Å². The third-order valence-corrected chi connectivity index (χ3v) is 9.52. The zero-order valence-electron chi connectivity index (χ0n) is 22.1. The second-order valence-corrected chi connectivity index (χ2v) is 12.5. The van der Waals surface area contributed by atoms with Gasteiger partial charge in [-0.05, 0) is 49.1 Å². The van der Waals surface area contributed by atoms with Crippen molar-refractivity contribution in [3.63, 3.8) is 0 Å². The average Bonchev–Trinajstić information content (AvgIpc) is 3.65. The molecule has 2 fully saturated rings. The minimum Gasteiger partial charge on any atom is -0.479 e. The molecule has 0 radical (unpaired) electrons. The van der Waals surface area contributed by atoms with Gasteiger partial charge in [-0.25, -0.2) is 18.2 Å². The first-order valence-corrected chi connectivity index (χ1v) is 14.9. The number of aromatic nitrogens is 4. The topological polar surface area (TPSA) is 186 Å². The molecule has 5 rings (SSSR count). The molecular formula is C26H30ClN5O8S. The molecule has 0 bridgehead atoms. The van der Waals surface area contributed by atoms with Crippen LogP contribution < -0.4 is 5.32 Å². The molecule has 15 heteroatoms. The van der Waals surface area contributed by atoms with E-state index in [4.69, 9.17) is 21.1 Å². The van der Waals surface area contributed by atoms with E-state index in [2.05, 4.69) is 26.8 Å². The van der Waals surface area contributed by atoms with Gasteiger partial charge >= 0.3 is 5.97 Å². The number of aliphatic hydroxyl groups excluding tert-OH is 1. The highest BCUT2D eigenvalue weighted by Crippen LogP contribution is 2.43. The lowest BCUT2D eigenvalue weighted by atomic mass is 9.86. The summed E-state index contributed by atoms with van der Waals surface area (Å²) < 4.78 is 38.7. The summed E-state index contributed by atoms with van der Waals surface area (Å²) in [4.78, 5) is 24.6. The predicted molar refractivity (Wildman–Crippen MR) is 147 cm³/mol. The van der Waals surface area contributed by atoms with Crippen molar-refractivity contribution in [2.45, 2.75) is 73.0 Å². The van der Waals surface area contributed by atoms with E-state index in [9.17, 15) is 28.5 Å². The number of anilines is 1. The fraction of sp³-hybridized carbons (Fsp3) is 0.462. The molecule has 2 aromatic heterocycles. The van der Waals surface area contributed by atoms with Gasteiger partial charge in [0.15, 0.2) is 23.2 Å². The summed E-state index contributed by atoms with van der Waals surface area (Å²) in [6.07, 6.45) is 1.11. The molecule has 1 aliphatic heterocycles. The van der Waals surface area contributed by atoms with Crippen LogP contribution in [-0.2, 0) is 24.1 Å². The van der Waals surface area contributed by atoms with Crippen molar-refractivity contribution in [1.82, 2.24) is 19.5 Å². The van der Waals surface area contributed by atoms with E-state index in [0.29, 0.717) is 11.3 Å². The summed E-state index contributed by atoms with van der Waals surface area (Å²) in [6.45, 7) is 4.51. The van der Waals surface area contributed by atoms with Crippen LogP contribution in [0.1, 0.15) is 38.8 Å². The Bertz CT molecular complexity index is 1560. The number of carboxylic acid groups (broad SMARTS) is 1. The molecule has 0 spiro atoms. The number of aliphatic carboxylic acids is 1. The highest BCUT2D eigenvalue weighted by atomic mass is 35.5. The summed E-state index contributed by atoms with van der Waals surface area (Å²) in [5, 5.41) is 35.8. The third kappa shape index (κ3) is 5.31. The zero-order valence-corrected chi connectivity index (χ0v) is 23.6. The Hall–Kier alpha value is -3.14. The van der Waals surface area contributed by atoms with E-state index in [1.165, 1.54) is 42.1 Å². The lowest BCUT2D eigenvalue weighted by Gasteiger charge is -2.31. The van der Waals surface area contributed by atoms with Crippen molar-refractivity contribution in [2.75, 3.05) is 11.9 Å².